The van der Waals surface area contributed by atoms with E-state index in [1.807, 2.05) is 29.2 Å². The number of nitrogens with one attached hydrogen (secondary N) is 1. The van der Waals surface area contributed by atoms with Crippen molar-refractivity contribution in [2.24, 2.45) is 5.92 Å². The summed E-state index contributed by atoms with van der Waals surface area (Å²) < 4.78 is 0. The minimum Gasteiger partial charge on any atom is -0.353 e. The van der Waals surface area contributed by atoms with Crippen molar-refractivity contribution in [3.63, 3.8) is 0 Å². The second-order valence-corrected chi connectivity index (χ2v) is 7.70. The average Bonchev–Trinajstić information content (AvgIpc) is 3.07. The standard InChI is InChI=1S/C23H26N2O2/c1-2-3-16-4-6-17(7-5-16)18-8-10-19(11-9-18)23(27)25-13-12-21-20(15-25)14-22(26)24-21/h4-11,20-21H,2-3,12-15H2,1H3,(H,24,26)/t20-,21+/m1/s1. The van der Waals surface area contributed by atoms with Crippen molar-refractivity contribution >= 4 is 11.8 Å². The molecular formula is C23H26N2O2. The van der Waals surface area contributed by atoms with Crippen LogP contribution in [0.4, 0.5) is 0 Å². The highest BCUT2D eigenvalue weighted by atomic mass is 16.2. The Bertz CT molecular complexity index is 826. The molecule has 2 atom stereocenters. The highest BCUT2D eigenvalue weighted by Crippen LogP contribution is 2.27. The Morgan fingerprint density at radius 2 is 1.74 bits per heavy atom. The van der Waals surface area contributed by atoms with Crippen LogP contribution in [0.25, 0.3) is 11.1 Å². The predicted octanol–water partition coefficient (Wildman–Crippen LogP) is 3.66. The molecular weight excluding hydrogens is 336 g/mol. The summed E-state index contributed by atoms with van der Waals surface area (Å²) in [5.41, 5.74) is 4.37. The molecule has 2 amide bonds. The van der Waals surface area contributed by atoms with Gasteiger partial charge >= 0.3 is 0 Å². The van der Waals surface area contributed by atoms with Gasteiger partial charge in [0.2, 0.25) is 5.91 Å². The first kappa shape index (κ1) is 17.8. The molecule has 2 aliphatic heterocycles. The van der Waals surface area contributed by atoms with E-state index in [0.717, 1.165) is 30.4 Å². The number of rotatable bonds is 4. The van der Waals surface area contributed by atoms with Gasteiger partial charge in [-0.2, -0.15) is 0 Å². The van der Waals surface area contributed by atoms with Gasteiger partial charge in [-0.1, -0.05) is 49.7 Å². The number of carbonyl (C=O) groups is 2. The monoisotopic (exact) mass is 362 g/mol. The Kier molecular flexibility index (Phi) is 4.97. The van der Waals surface area contributed by atoms with Gasteiger partial charge in [-0.05, 0) is 41.7 Å². The zero-order valence-electron chi connectivity index (χ0n) is 15.8. The molecule has 0 aliphatic carbocycles. The zero-order chi connectivity index (χ0) is 18.8. The topological polar surface area (TPSA) is 49.4 Å². The number of likely N-dealkylation sites (tertiary alicyclic amines) is 1. The van der Waals surface area contributed by atoms with E-state index < -0.39 is 0 Å². The Hall–Kier alpha value is -2.62. The number of nitrogens with zero attached hydrogens (tertiary/aromatic N) is 1. The molecule has 27 heavy (non-hydrogen) atoms. The first-order valence-electron chi connectivity index (χ1n) is 9.92. The number of aryl methyl sites for hydroxylation is 1. The lowest BCUT2D eigenvalue weighted by Gasteiger charge is -2.34. The second-order valence-electron chi connectivity index (χ2n) is 7.70. The van der Waals surface area contributed by atoms with Crippen molar-refractivity contribution in [3.05, 3.63) is 59.7 Å². The van der Waals surface area contributed by atoms with Crippen LogP contribution in [0, 0.1) is 5.92 Å². The van der Waals surface area contributed by atoms with Crippen molar-refractivity contribution in [1.29, 1.82) is 0 Å². The highest BCUT2D eigenvalue weighted by molar-refractivity contribution is 5.95. The lowest BCUT2D eigenvalue weighted by atomic mass is 9.92. The molecule has 0 spiro atoms. The van der Waals surface area contributed by atoms with Gasteiger partial charge in [0.25, 0.3) is 5.91 Å². The number of hydrogen-bond donors (Lipinski definition) is 1. The molecule has 4 rings (SSSR count). The maximum Gasteiger partial charge on any atom is 0.253 e. The summed E-state index contributed by atoms with van der Waals surface area (Å²) in [6.45, 7) is 3.57. The SMILES string of the molecule is CCCc1ccc(-c2ccc(C(=O)N3CC[C@@H]4NC(=O)C[C@@H]4C3)cc2)cc1. The van der Waals surface area contributed by atoms with E-state index in [0.29, 0.717) is 19.5 Å². The van der Waals surface area contributed by atoms with Gasteiger partial charge in [-0.3, -0.25) is 9.59 Å². The molecule has 0 saturated carbocycles. The summed E-state index contributed by atoms with van der Waals surface area (Å²) >= 11 is 0. The van der Waals surface area contributed by atoms with Crippen LogP contribution in [0.15, 0.2) is 48.5 Å². The van der Waals surface area contributed by atoms with Crippen LogP contribution in [0.5, 0.6) is 0 Å². The second kappa shape index (κ2) is 7.55. The lowest BCUT2D eigenvalue weighted by molar-refractivity contribution is -0.119. The number of hydrogen-bond acceptors (Lipinski definition) is 2. The van der Waals surface area contributed by atoms with Crippen molar-refractivity contribution in [2.75, 3.05) is 13.1 Å². The first-order chi connectivity index (χ1) is 13.1. The van der Waals surface area contributed by atoms with Gasteiger partial charge in [0, 0.05) is 37.0 Å². The number of amides is 2. The highest BCUT2D eigenvalue weighted by Gasteiger charge is 2.38. The fourth-order valence-electron chi connectivity index (χ4n) is 4.26. The van der Waals surface area contributed by atoms with E-state index in [4.69, 9.17) is 0 Å². The van der Waals surface area contributed by atoms with Gasteiger partial charge in [-0.15, -0.1) is 0 Å². The van der Waals surface area contributed by atoms with E-state index in [1.165, 1.54) is 11.1 Å². The van der Waals surface area contributed by atoms with Crippen LogP contribution in [0.3, 0.4) is 0 Å². The zero-order valence-corrected chi connectivity index (χ0v) is 15.8. The van der Waals surface area contributed by atoms with Crippen LogP contribution in [0.2, 0.25) is 0 Å². The normalized spacial score (nSPS) is 21.7. The maximum atomic E-state index is 12.9. The fourth-order valence-corrected chi connectivity index (χ4v) is 4.26. The van der Waals surface area contributed by atoms with Crippen LogP contribution in [-0.2, 0) is 11.2 Å². The van der Waals surface area contributed by atoms with E-state index in [1.54, 1.807) is 0 Å². The molecule has 2 aromatic carbocycles. The number of benzene rings is 2. The molecule has 4 nitrogen and oxygen atoms in total. The van der Waals surface area contributed by atoms with Crippen molar-refractivity contribution in [3.8, 4) is 11.1 Å². The van der Waals surface area contributed by atoms with Crippen LogP contribution < -0.4 is 5.32 Å². The maximum absolute atomic E-state index is 12.9. The van der Waals surface area contributed by atoms with E-state index >= 15 is 0 Å². The quantitative estimate of drug-likeness (QED) is 0.902. The Labute approximate surface area is 160 Å². The molecule has 0 bridgehead atoms. The lowest BCUT2D eigenvalue weighted by Crippen LogP contribution is -2.47. The molecule has 4 heteroatoms. The molecule has 2 heterocycles. The minimum atomic E-state index is 0.0673. The Balaban J connectivity index is 1.44. The average molecular weight is 362 g/mol. The van der Waals surface area contributed by atoms with Gasteiger partial charge < -0.3 is 10.2 Å². The third-order valence-corrected chi connectivity index (χ3v) is 5.77. The van der Waals surface area contributed by atoms with Gasteiger partial charge in [0.05, 0.1) is 0 Å². The number of fused-ring (bicyclic) bond motifs is 1. The molecule has 0 radical (unpaired) electrons. The van der Waals surface area contributed by atoms with E-state index in [2.05, 4.69) is 36.5 Å². The predicted molar refractivity (Wildman–Crippen MR) is 106 cm³/mol. The number of carbonyl (C=O) groups excluding carboxylic acids is 2. The third-order valence-electron chi connectivity index (χ3n) is 5.77. The van der Waals surface area contributed by atoms with Gasteiger partial charge in [-0.25, -0.2) is 0 Å². The van der Waals surface area contributed by atoms with Crippen molar-refractivity contribution < 1.29 is 9.59 Å². The molecule has 2 saturated heterocycles. The Morgan fingerprint density at radius 1 is 1.07 bits per heavy atom. The largest absolute Gasteiger partial charge is 0.353 e. The van der Waals surface area contributed by atoms with Crippen molar-refractivity contribution in [2.45, 2.75) is 38.6 Å². The summed E-state index contributed by atoms with van der Waals surface area (Å²) in [6, 6.07) is 16.8. The fraction of sp³-hybridized carbons (Fsp3) is 0.391. The molecule has 2 fully saturated rings. The molecule has 2 aliphatic rings. The Morgan fingerprint density at radius 3 is 2.41 bits per heavy atom. The molecule has 140 valence electrons. The smallest absolute Gasteiger partial charge is 0.253 e. The summed E-state index contributed by atoms with van der Waals surface area (Å²) in [6.07, 6.45) is 3.65. The van der Waals surface area contributed by atoms with Crippen LogP contribution in [0.1, 0.15) is 42.1 Å². The third kappa shape index (κ3) is 3.75. The minimum absolute atomic E-state index is 0.0673. The van der Waals surface area contributed by atoms with Gasteiger partial charge in [0.1, 0.15) is 0 Å². The van der Waals surface area contributed by atoms with E-state index in [-0.39, 0.29) is 23.8 Å². The molecule has 0 unspecified atom stereocenters. The summed E-state index contributed by atoms with van der Waals surface area (Å²) in [7, 11) is 0. The molecule has 0 aromatic heterocycles. The van der Waals surface area contributed by atoms with Crippen LogP contribution >= 0.6 is 0 Å². The number of piperidine rings is 1. The molecule has 1 N–H and O–H groups in total. The molecule has 2 aromatic rings. The first-order valence-corrected chi connectivity index (χ1v) is 9.92. The van der Waals surface area contributed by atoms with Crippen molar-refractivity contribution in [1.82, 2.24) is 10.2 Å². The summed E-state index contributed by atoms with van der Waals surface area (Å²) in [5, 5.41) is 3.02. The summed E-state index contributed by atoms with van der Waals surface area (Å²) in [5.74, 6) is 0.447. The summed E-state index contributed by atoms with van der Waals surface area (Å²) in [4.78, 5) is 26.3. The van der Waals surface area contributed by atoms with Gasteiger partial charge in [0.15, 0.2) is 0 Å². The van der Waals surface area contributed by atoms with Crippen LogP contribution in [-0.4, -0.2) is 35.8 Å². The van der Waals surface area contributed by atoms with E-state index in [9.17, 15) is 9.59 Å².